The predicted octanol–water partition coefficient (Wildman–Crippen LogP) is 3.16. The van der Waals surface area contributed by atoms with Crippen LogP contribution in [0.4, 0.5) is 22.7 Å². The highest BCUT2D eigenvalue weighted by atomic mass is 16.5. The van der Waals surface area contributed by atoms with Crippen molar-refractivity contribution >= 4 is 22.7 Å². The van der Waals surface area contributed by atoms with Gasteiger partial charge < -0.3 is 20.7 Å². The van der Waals surface area contributed by atoms with Gasteiger partial charge in [-0.25, -0.2) is 0 Å². The summed E-state index contributed by atoms with van der Waals surface area (Å²) < 4.78 is 5.38. The van der Waals surface area contributed by atoms with E-state index in [0.717, 1.165) is 48.9 Å². The molecule has 1 saturated heterocycles. The summed E-state index contributed by atoms with van der Waals surface area (Å²) in [7, 11) is 0. The maximum Gasteiger partial charge on any atom is 0.0642 e. The number of benzene rings is 2. The molecule has 1 fully saturated rings. The van der Waals surface area contributed by atoms with E-state index in [1.54, 1.807) is 0 Å². The fourth-order valence-corrected chi connectivity index (χ4v) is 2.63. The highest BCUT2D eigenvalue weighted by molar-refractivity contribution is 5.66. The van der Waals surface area contributed by atoms with Crippen LogP contribution in [0.5, 0.6) is 0 Å². The van der Waals surface area contributed by atoms with Crippen molar-refractivity contribution in [3.63, 3.8) is 0 Å². The number of morpholine rings is 1. The number of rotatable bonds is 3. The summed E-state index contributed by atoms with van der Waals surface area (Å²) in [5.74, 6) is 0. The van der Waals surface area contributed by atoms with Crippen molar-refractivity contribution < 1.29 is 4.74 Å². The molecule has 3 N–H and O–H groups in total. The second-order valence-corrected chi connectivity index (χ2v) is 5.40. The number of hydrogen-bond acceptors (Lipinski definition) is 4. The van der Waals surface area contributed by atoms with E-state index in [-0.39, 0.29) is 0 Å². The van der Waals surface area contributed by atoms with Crippen LogP contribution >= 0.6 is 0 Å². The molecular weight excluding hydrogens is 262 g/mol. The summed E-state index contributed by atoms with van der Waals surface area (Å²) in [4.78, 5) is 2.35. The number of ether oxygens (including phenoxy) is 1. The molecule has 0 amide bonds. The molecule has 1 aliphatic heterocycles. The summed E-state index contributed by atoms with van der Waals surface area (Å²) in [6.07, 6.45) is 0. The Bertz CT molecular complexity index is 584. The molecule has 110 valence electrons. The van der Waals surface area contributed by atoms with Crippen LogP contribution in [0.3, 0.4) is 0 Å². The monoisotopic (exact) mass is 283 g/mol. The summed E-state index contributed by atoms with van der Waals surface area (Å²) >= 11 is 0. The topological polar surface area (TPSA) is 50.5 Å². The summed E-state index contributed by atoms with van der Waals surface area (Å²) in [5, 5.41) is 3.39. The Labute approximate surface area is 125 Å². The minimum atomic E-state index is 0.780. The van der Waals surface area contributed by atoms with E-state index in [1.807, 2.05) is 19.1 Å². The van der Waals surface area contributed by atoms with Gasteiger partial charge in [0.25, 0.3) is 0 Å². The van der Waals surface area contributed by atoms with Crippen molar-refractivity contribution in [1.82, 2.24) is 0 Å². The van der Waals surface area contributed by atoms with Crippen molar-refractivity contribution in [3.05, 3.63) is 48.0 Å². The molecule has 2 aromatic rings. The number of nitrogens with zero attached hydrogens (tertiary/aromatic N) is 1. The lowest BCUT2D eigenvalue weighted by molar-refractivity contribution is 0.122. The van der Waals surface area contributed by atoms with Gasteiger partial charge in [-0.3, -0.25) is 0 Å². The molecule has 1 heterocycles. The molecule has 0 bridgehead atoms. The standard InChI is InChI=1S/C17H21N3O/c1-13-10-14(18)12-16(11-13)19-15-2-4-17(5-3-15)20-6-8-21-9-7-20/h2-5,10-12,19H,6-9,18H2,1H3. The summed E-state index contributed by atoms with van der Waals surface area (Å²) in [5.41, 5.74) is 11.1. The van der Waals surface area contributed by atoms with Crippen LogP contribution in [0.15, 0.2) is 42.5 Å². The first-order chi connectivity index (χ1) is 10.2. The Morgan fingerprint density at radius 1 is 1.00 bits per heavy atom. The lowest BCUT2D eigenvalue weighted by Gasteiger charge is -2.29. The lowest BCUT2D eigenvalue weighted by atomic mass is 10.2. The van der Waals surface area contributed by atoms with Crippen molar-refractivity contribution in [3.8, 4) is 0 Å². The Hall–Kier alpha value is -2.20. The van der Waals surface area contributed by atoms with E-state index in [0.29, 0.717) is 0 Å². The first-order valence-corrected chi connectivity index (χ1v) is 7.28. The SMILES string of the molecule is Cc1cc(N)cc(Nc2ccc(N3CCOCC3)cc2)c1. The number of anilines is 4. The predicted molar refractivity (Wildman–Crippen MR) is 88.3 cm³/mol. The van der Waals surface area contributed by atoms with Crippen LogP contribution < -0.4 is 16.0 Å². The molecule has 0 spiro atoms. The van der Waals surface area contributed by atoms with Crippen LogP contribution in [-0.4, -0.2) is 26.3 Å². The van der Waals surface area contributed by atoms with Crippen molar-refractivity contribution in [2.24, 2.45) is 0 Å². The average molecular weight is 283 g/mol. The third kappa shape index (κ3) is 3.47. The molecule has 1 aliphatic rings. The van der Waals surface area contributed by atoms with E-state index in [2.05, 4.69) is 40.5 Å². The Morgan fingerprint density at radius 2 is 1.71 bits per heavy atom. The second kappa shape index (κ2) is 6.06. The second-order valence-electron chi connectivity index (χ2n) is 5.40. The van der Waals surface area contributed by atoms with E-state index in [1.165, 1.54) is 5.69 Å². The normalized spacial score (nSPS) is 15.0. The van der Waals surface area contributed by atoms with Gasteiger partial charge in [0.2, 0.25) is 0 Å². The minimum Gasteiger partial charge on any atom is -0.399 e. The summed E-state index contributed by atoms with van der Waals surface area (Å²) in [6.45, 7) is 5.58. The molecular formula is C17H21N3O. The zero-order valence-electron chi connectivity index (χ0n) is 12.3. The van der Waals surface area contributed by atoms with Crippen molar-refractivity contribution in [2.75, 3.05) is 42.3 Å². The molecule has 0 unspecified atom stereocenters. The number of nitrogen functional groups attached to an aromatic ring is 1. The zero-order chi connectivity index (χ0) is 14.7. The zero-order valence-corrected chi connectivity index (χ0v) is 12.3. The van der Waals surface area contributed by atoms with Gasteiger partial charge in [0.05, 0.1) is 13.2 Å². The number of hydrogen-bond donors (Lipinski definition) is 2. The van der Waals surface area contributed by atoms with Gasteiger partial charge in [-0.05, 0) is 55.0 Å². The van der Waals surface area contributed by atoms with E-state index in [9.17, 15) is 0 Å². The first-order valence-electron chi connectivity index (χ1n) is 7.28. The smallest absolute Gasteiger partial charge is 0.0642 e. The van der Waals surface area contributed by atoms with Crippen LogP contribution in [0, 0.1) is 6.92 Å². The third-order valence-corrected chi connectivity index (χ3v) is 3.63. The maximum absolute atomic E-state index is 5.88. The van der Waals surface area contributed by atoms with Gasteiger partial charge in [0.15, 0.2) is 0 Å². The first kappa shape index (κ1) is 13.8. The Kier molecular flexibility index (Phi) is 3.97. The number of nitrogens with two attached hydrogens (primary N) is 1. The fraction of sp³-hybridized carbons (Fsp3) is 0.294. The van der Waals surface area contributed by atoms with Gasteiger partial charge >= 0.3 is 0 Å². The van der Waals surface area contributed by atoms with Crippen LogP contribution in [0.1, 0.15) is 5.56 Å². The average Bonchev–Trinajstić information content (AvgIpc) is 2.48. The van der Waals surface area contributed by atoms with Gasteiger partial charge in [-0.15, -0.1) is 0 Å². The number of aryl methyl sites for hydroxylation is 1. The van der Waals surface area contributed by atoms with Gasteiger partial charge in [0.1, 0.15) is 0 Å². The van der Waals surface area contributed by atoms with Crippen LogP contribution in [-0.2, 0) is 4.74 Å². The highest BCUT2D eigenvalue weighted by Gasteiger charge is 2.10. The summed E-state index contributed by atoms with van der Waals surface area (Å²) in [6, 6.07) is 14.5. The Balaban J connectivity index is 1.71. The quantitative estimate of drug-likeness (QED) is 0.850. The van der Waals surface area contributed by atoms with Crippen LogP contribution in [0.25, 0.3) is 0 Å². The van der Waals surface area contributed by atoms with Crippen LogP contribution in [0.2, 0.25) is 0 Å². The fourth-order valence-electron chi connectivity index (χ4n) is 2.63. The molecule has 2 aromatic carbocycles. The number of nitrogens with one attached hydrogen (secondary N) is 1. The largest absolute Gasteiger partial charge is 0.399 e. The molecule has 4 nitrogen and oxygen atoms in total. The third-order valence-electron chi connectivity index (χ3n) is 3.63. The van der Waals surface area contributed by atoms with E-state index < -0.39 is 0 Å². The molecule has 4 heteroatoms. The van der Waals surface area contributed by atoms with Crippen molar-refractivity contribution in [1.29, 1.82) is 0 Å². The molecule has 0 aromatic heterocycles. The van der Waals surface area contributed by atoms with Crippen molar-refractivity contribution in [2.45, 2.75) is 6.92 Å². The van der Waals surface area contributed by atoms with Gasteiger partial charge in [-0.2, -0.15) is 0 Å². The van der Waals surface area contributed by atoms with E-state index >= 15 is 0 Å². The lowest BCUT2D eigenvalue weighted by Crippen LogP contribution is -2.36. The molecule has 0 saturated carbocycles. The molecule has 0 aliphatic carbocycles. The van der Waals surface area contributed by atoms with E-state index in [4.69, 9.17) is 10.5 Å². The molecule has 0 atom stereocenters. The Morgan fingerprint density at radius 3 is 2.38 bits per heavy atom. The van der Waals surface area contributed by atoms with Gasteiger partial charge in [0, 0.05) is 35.8 Å². The molecule has 0 radical (unpaired) electrons. The highest BCUT2D eigenvalue weighted by Crippen LogP contribution is 2.23. The molecule has 21 heavy (non-hydrogen) atoms. The van der Waals surface area contributed by atoms with Gasteiger partial charge in [-0.1, -0.05) is 0 Å². The minimum absolute atomic E-state index is 0.780. The molecule has 3 rings (SSSR count). The maximum atomic E-state index is 5.88.